The van der Waals surface area contributed by atoms with Crippen LogP contribution in [0.3, 0.4) is 0 Å². The molecule has 7 heteroatoms. The molecule has 0 aliphatic rings. The van der Waals surface area contributed by atoms with Crippen LogP contribution in [0.1, 0.15) is 0 Å². The zero-order valence-corrected chi connectivity index (χ0v) is 11.2. The summed E-state index contributed by atoms with van der Waals surface area (Å²) in [6.07, 6.45) is 1.17. The van der Waals surface area contributed by atoms with Crippen LogP contribution in [0, 0.1) is 5.82 Å². The van der Waals surface area contributed by atoms with Crippen molar-refractivity contribution in [3.8, 4) is 5.75 Å². The molecule has 4 nitrogen and oxygen atoms in total. The first-order valence-corrected chi connectivity index (χ1v) is 7.81. The summed E-state index contributed by atoms with van der Waals surface area (Å²) in [5.41, 5.74) is 5.91. The monoisotopic (exact) mass is 279 g/mol. The van der Waals surface area contributed by atoms with Crippen LogP contribution in [0.5, 0.6) is 5.75 Å². The van der Waals surface area contributed by atoms with Crippen LogP contribution in [0.15, 0.2) is 17.0 Å². The lowest BCUT2D eigenvalue weighted by Crippen LogP contribution is -2.05. The molecule has 0 aliphatic carbocycles. The topological polar surface area (TPSA) is 69.4 Å². The molecule has 0 unspecified atom stereocenters. The number of benzene rings is 1. The van der Waals surface area contributed by atoms with Crippen molar-refractivity contribution in [2.45, 2.75) is 4.90 Å². The summed E-state index contributed by atoms with van der Waals surface area (Å²) >= 11 is 1.26. The van der Waals surface area contributed by atoms with Crippen molar-refractivity contribution in [1.29, 1.82) is 0 Å². The Hall–Kier alpha value is -0.950. The molecule has 0 aromatic heterocycles. The van der Waals surface area contributed by atoms with Gasteiger partial charge in [-0.3, -0.25) is 0 Å². The maximum atomic E-state index is 13.2. The molecule has 0 amide bonds. The molecule has 1 aromatic carbocycles. The molecule has 0 atom stereocenters. The Balaban J connectivity index is 2.77. The molecule has 17 heavy (non-hydrogen) atoms. The summed E-state index contributed by atoms with van der Waals surface area (Å²) in [5, 5.41) is 0. The van der Waals surface area contributed by atoms with Crippen LogP contribution < -0.4 is 10.5 Å². The van der Waals surface area contributed by atoms with Crippen molar-refractivity contribution >= 4 is 27.3 Å². The fraction of sp³-hybridized carbons (Fsp3) is 0.400. The van der Waals surface area contributed by atoms with E-state index in [1.807, 2.05) is 0 Å². The van der Waals surface area contributed by atoms with E-state index in [0.29, 0.717) is 10.6 Å². The third kappa shape index (κ3) is 4.43. The molecule has 1 rings (SSSR count). The first-order valence-electron chi connectivity index (χ1n) is 4.77. The van der Waals surface area contributed by atoms with E-state index in [-0.39, 0.29) is 17.2 Å². The van der Waals surface area contributed by atoms with Gasteiger partial charge in [0, 0.05) is 28.7 Å². The van der Waals surface area contributed by atoms with Gasteiger partial charge >= 0.3 is 0 Å². The molecule has 0 spiro atoms. The summed E-state index contributed by atoms with van der Waals surface area (Å²) in [5.74, 6) is -0.00671. The lowest BCUT2D eigenvalue weighted by atomic mass is 10.3. The highest BCUT2D eigenvalue weighted by molar-refractivity contribution is 8.00. The van der Waals surface area contributed by atoms with Gasteiger partial charge in [0.1, 0.15) is 9.84 Å². The maximum Gasteiger partial charge on any atom is 0.167 e. The molecule has 1 aromatic rings. The number of ether oxygens (including phenoxy) is 1. The molecule has 0 aliphatic heterocycles. The Morgan fingerprint density at radius 1 is 1.47 bits per heavy atom. The van der Waals surface area contributed by atoms with Crippen molar-refractivity contribution in [2.75, 3.05) is 30.6 Å². The first-order chi connectivity index (χ1) is 7.83. The molecule has 0 saturated carbocycles. The minimum Gasteiger partial charge on any atom is -0.494 e. The second kappa shape index (κ2) is 5.59. The van der Waals surface area contributed by atoms with Crippen LogP contribution in [0.4, 0.5) is 10.1 Å². The Kier molecular flexibility index (Phi) is 4.64. The van der Waals surface area contributed by atoms with Crippen LogP contribution in [-0.4, -0.2) is 33.3 Å². The fourth-order valence-electron chi connectivity index (χ4n) is 1.13. The number of anilines is 1. The van der Waals surface area contributed by atoms with E-state index >= 15 is 0 Å². The van der Waals surface area contributed by atoms with E-state index in [2.05, 4.69) is 0 Å². The molecular formula is C10H14FNO3S2. The minimum absolute atomic E-state index is 0.0524. The predicted molar refractivity (Wildman–Crippen MR) is 67.8 cm³/mol. The average Bonchev–Trinajstić information content (AvgIpc) is 2.19. The Morgan fingerprint density at radius 2 is 2.12 bits per heavy atom. The second-order valence-electron chi connectivity index (χ2n) is 3.50. The summed E-state index contributed by atoms with van der Waals surface area (Å²) in [6, 6.07) is 2.64. The molecule has 0 heterocycles. The molecule has 0 radical (unpaired) electrons. The van der Waals surface area contributed by atoms with Gasteiger partial charge in [-0.2, -0.15) is 0 Å². The van der Waals surface area contributed by atoms with Crippen LogP contribution in [0.25, 0.3) is 0 Å². The third-order valence-corrected chi connectivity index (χ3v) is 4.27. The highest BCUT2D eigenvalue weighted by Crippen LogP contribution is 2.31. The van der Waals surface area contributed by atoms with Gasteiger partial charge in [0.05, 0.1) is 12.9 Å². The number of methoxy groups -OCH3 is 1. The van der Waals surface area contributed by atoms with Gasteiger partial charge < -0.3 is 10.5 Å². The van der Waals surface area contributed by atoms with Crippen molar-refractivity contribution < 1.29 is 17.5 Å². The SMILES string of the molecule is COc1cc(SCCS(C)(=O)=O)c(N)cc1F. The van der Waals surface area contributed by atoms with Crippen molar-refractivity contribution in [2.24, 2.45) is 0 Å². The zero-order chi connectivity index (χ0) is 13.1. The highest BCUT2D eigenvalue weighted by atomic mass is 32.2. The number of thioether (sulfide) groups is 1. The van der Waals surface area contributed by atoms with E-state index in [1.54, 1.807) is 0 Å². The van der Waals surface area contributed by atoms with Crippen LogP contribution in [0.2, 0.25) is 0 Å². The molecule has 0 fully saturated rings. The number of sulfone groups is 1. The number of hydrogen-bond donors (Lipinski definition) is 1. The quantitative estimate of drug-likeness (QED) is 0.654. The lowest BCUT2D eigenvalue weighted by Gasteiger charge is -2.08. The van der Waals surface area contributed by atoms with Crippen molar-refractivity contribution in [3.05, 3.63) is 17.9 Å². The van der Waals surface area contributed by atoms with Gasteiger partial charge in [0.2, 0.25) is 0 Å². The third-order valence-electron chi connectivity index (χ3n) is 2.00. The normalized spacial score (nSPS) is 11.5. The Bertz CT molecular complexity index is 503. The first kappa shape index (κ1) is 14.1. The van der Waals surface area contributed by atoms with Crippen molar-refractivity contribution in [1.82, 2.24) is 0 Å². The van der Waals surface area contributed by atoms with E-state index in [1.165, 1.54) is 37.3 Å². The van der Waals surface area contributed by atoms with Gasteiger partial charge in [-0.25, -0.2) is 12.8 Å². The molecule has 0 saturated heterocycles. The summed E-state index contributed by atoms with van der Waals surface area (Å²) < 4.78 is 40.0. The fourth-order valence-corrected chi connectivity index (χ4v) is 3.31. The van der Waals surface area contributed by atoms with E-state index in [9.17, 15) is 12.8 Å². The van der Waals surface area contributed by atoms with Gasteiger partial charge in [-0.1, -0.05) is 0 Å². The number of halogens is 1. The van der Waals surface area contributed by atoms with Gasteiger partial charge in [-0.15, -0.1) is 11.8 Å². The molecule has 0 bridgehead atoms. The summed E-state index contributed by atoms with van der Waals surface area (Å²) in [7, 11) is -1.64. The summed E-state index contributed by atoms with van der Waals surface area (Å²) in [6.45, 7) is 0. The molecule has 96 valence electrons. The van der Waals surface area contributed by atoms with Crippen LogP contribution in [-0.2, 0) is 9.84 Å². The van der Waals surface area contributed by atoms with Gasteiger partial charge in [0.25, 0.3) is 0 Å². The smallest absolute Gasteiger partial charge is 0.167 e. The number of hydrogen-bond acceptors (Lipinski definition) is 5. The Labute approximate surface area is 104 Å². The average molecular weight is 279 g/mol. The van der Waals surface area contributed by atoms with Gasteiger partial charge in [-0.05, 0) is 6.07 Å². The standard InChI is InChI=1S/C10H14FNO3S2/c1-15-9-6-10(8(12)5-7(9)11)16-3-4-17(2,13)14/h5-6H,3-4,12H2,1-2H3. The number of nitrogens with two attached hydrogens (primary N) is 1. The lowest BCUT2D eigenvalue weighted by molar-refractivity contribution is 0.385. The highest BCUT2D eigenvalue weighted by Gasteiger charge is 2.10. The van der Waals surface area contributed by atoms with E-state index < -0.39 is 15.7 Å². The maximum absolute atomic E-state index is 13.2. The zero-order valence-electron chi connectivity index (χ0n) is 9.57. The summed E-state index contributed by atoms with van der Waals surface area (Å²) in [4.78, 5) is 0.618. The number of nitrogen functional groups attached to an aromatic ring is 1. The van der Waals surface area contributed by atoms with E-state index in [0.717, 1.165) is 0 Å². The Morgan fingerprint density at radius 3 is 2.65 bits per heavy atom. The van der Waals surface area contributed by atoms with Crippen molar-refractivity contribution in [3.63, 3.8) is 0 Å². The number of rotatable bonds is 5. The predicted octanol–water partition coefficient (Wildman–Crippen LogP) is 1.55. The minimum atomic E-state index is -3.00. The van der Waals surface area contributed by atoms with E-state index in [4.69, 9.17) is 10.5 Å². The largest absolute Gasteiger partial charge is 0.494 e. The second-order valence-corrected chi connectivity index (χ2v) is 6.90. The van der Waals surface area contributed by atoms with Crippen LogP contribution >= 0.6 is 11.8 Å². The van der Waals surface area contributed by atoms with Gasteiger partial charge in [0.15, 0.2) is 11.6 Å². The molecular weight excluding hydrogens is 265 g/mol. The molecule has 2 N–H and O–H groups in total.